The van der Waals surface area contributed by atoms with Gasteiger partial charge in [0.25, 0.3) is 5.91 Å². The SMILES string of the molecule is CN(C)c1nc2c(c(-c3ccc(C(=O)N[C@H]4CCOC4)cc3)n1)CCCC2. The minimum Gasteiger partial charge on any atom is -0.379 e. The molecule has 1 aliphatic heterocycles. The number of carbonyl (C=O) groups excluding carboxylic acids is 1. The highest BCUT2D eigenvalue weighted by Crippen LogP contribution is 2.31. The first-order valence-corrected chi connectivity index (χ1v) is 9.68. The lowest BCUT2D eigenvalue weighted by Gasteiger charge is -2.21. The molecule has 1 aliphatic carbocycles. The summed E-state index contributed by atoms with van der Waals surface area (Å²) in [5, 5.41) is 3.03. The van der Waals surface area contributed by atoms with Crippen LogP contribution in [0.3, 0.4) is 0 Å². The van der Waals surface area contributed by atoms with Gasteiger partial charge in [0.05, 0.1) is 18.3 Å². The lowest BCUT2D eigenvalue weighted by molar-refractivity contribution is 0.0930. The predicted octanol–water partition coefficient (Wildman–Crippen LogP) is 2.61. The van der Waals surface area contributed by atoms with Gasteiger partial charge in [-0.05, 0) is 44.2 Å². The third-order valence-corrected chi connectivity index (χ3v) is 5.26. The second-order valence-electron chi connectivity index (χ2n) is 7.51. The first-order valence-electron chi connectivity index (χ1n) is 9.68. The molecule has 1 atom stereocenters. The summed E-state index contributed by atoms with van der Waals surface area (Å²) in [7, 11) is 3.93. The summed E-state index contributed by atoms with van der Waals surface area (Å²) >= 11 is 0. The van der Waals surface area contributed by atoms with E-state index >= 15 is 0 Å². The number of nitrogens with one attached hydrogen (secondary N) is 1. The Kier molecular flexibility index (Phi) is 5.07. The third-order valence-electron chi connectivity index (χ3n) is 5.26. The number of anilines is 1. The number of amides is 1. The summed E-state index contributed by atoms with van der Waals surface area (Å²) < 4.78 is 5.32. The van der Waals surface area contributed by atoms with Crippen LogP contribution in [0, 0.1) is 0 Å². The van der Waals surface area contributed by atoms with Gasteiger partial charge in [-0.25, -0.2) is 9.97 Å². The summed E-state index contributed by atoms with van der Waals surface area (Å²) in [6, 6.07) is 7.88. The third kappa shape index (κ3) is 3.81. The number of benzene rings is 1. The maximum absolute atomic E-state index is 12.4. The number of fused-ring (bicyclic) bond motifs is 1. The monoisotopic (exact) mass is 366 g/mol. The van der Waals surface area contributed by atoms with Crippen LogP contribution in [0.15, 0.2) is 24.3 Å². The molecule has 27 heavy (non-hydrogen) atoms. The van der Waals surface area contributed by atoms with Gasteiger partial charge in [-0.2, -0.15) is 0 Å². The molecule has 2 aromatic rings. The number of hydrogen-bond acceptors (Lipinski definition) is 5. The minimum absolute atomic E-state index is 0.0456. The van der Waals surface area contributed by atoms with Crippen LogP contribution in [0.2, 0.25) is 0 Å². The molecule has 0 radical (unpaired) electrons. The van der Waals surface area contributed by atoms with Gasteiger partial charge in [0, 0.05) is 43.1 Å². The van der Waals surface area contributed by atoms with Crippen LogP contribution in [0.5, 0.6) is 0 Å². The summed E-state index contributed by atoms with van der Waals surface area (Å²) in [6.45, 7) is 1.32. The molecule has 0 bridgehead atoms. The van der Waals surface area contributed by atoms with E-state index in [1.807, 2.05) is 43.3 Å². The second-order valence-corrected chi connectivity index (χ2v) is 7.51. The Hall–Kier alpha value is -2.47. The Balaban J connectivity index is 1.61. The van der Waals surface area contributed by atoms with E-state index in [1.54, 1.807) is 0 Å². The molecule has 1 aromatic carbocycles. The minimum atomic E-state index is -0.0456. The summed E-state index contributed by atoms with van der Waals surface area (Å²) in [5.74, 6) is 0.699. The van der Waals surface area contributed by atoms with Gasteiger partial charge in [0.2, 0.25) is 5.95 Å². The fourth-order valence-corrected chi connectivity index (χ4v) is 3.72. The molecule has 2 heterocycles. The van der Waals surface area contributed by atoms with Crippen molar-refractivity contribution in [3.05, 3.63) is 41.1 Å². The van der Waals surface area contributed by atoms with Crippen LogP contribution in [0.4, 0.5) is 5.95 Å². The molecule has 1 saturated heterocycles. The zero-order valence-electron chi connectivity index (χ0n) is 16.0. The number of aryl methyl sites for hydroxylation is 1. The zero-order chi connectivity index (χ0) is 18.8. The average Bonchev–Trinajstić information content (AvgIpc) is 3.20. The molecule has 1 aromatic heterocycles. The fraction of sp³-hybridized carbons (Fsp3) is 0.476. The summed E-state index contributed by atoms with van der Waals surface area (Å²) in [5.41, 5.74) is 5.13. The van der Waals surface area contributed by atoms with Crippen LogP contribution in [-0.2, 0) is 17.6 Å². The standard InChI is InChI=1S/C21H26N4O2/c1-25(2)21-23-18-6-4-3-5-17(18)19(24-21)14-7-9-15(10-8-14)20(26)22-16-11-12-27-13-16/h7-10,16H,3-6,11-13H2,1-2H3,(H,22,26)/t16-/m0/s1. The van der Waals surface area contributed by atoms with Gasteiger partial charge in [0.1, 0.15) is 0 Å². The highest BCUT2D eigenvalue weighted by Gasteiger charge is 2.21. The van der Waals surface area contributed by atoms with Crippen LogP contribution < -0.4 is 10.2 Å². The van der Waals surface area contributed by atoms with Crippen molar-refractivity contribution < 1.29 is 9.53 Å². The molecule has 2 aliphatic rings. The molecule has 0 spiro atoms. The van der Waals surface area contributed by atoms with Crippen LogP contribution in [0.25, 0.3) is 11.3 Å². The van der Waals surface area contributed by atoms with E-state index in [-0.39, 0.29) is 11.9 Å². The van der Waals surface area contributed by atoms with Gasteiger partial charge in [0.15, 0.2) is 0 Å². The molecule has 142 valence electrons. The number of carbonyl (C=O) groups is 1. The lowest BCUT2D eigenvalue weighted by Crippen LogP contribution is -2.34. The first-order chi connectivity index (χ1) is 13.1. The van der Waals surface area contributed by atoms with Crippen LogP contribution in [-0.4, -0.2) is 49.2 Å². The second kappa shape index (κ2) is 7.64. The van der Waals surface area contributed by atoms with Crippen molar-refractivity contribution >= 4 is 11.9 Å². The molecule has 4 rings (SSSR count). The normalized spacial score (nSPS) is 18.8. The Morgan fingerprint density at radius 3 is 2.63 bits per heavy atom. The predicted molar refractivity (Wildman–Crippen MR) is 105 cm³/mol. The molecule has 0 unspecified atom stereocenters. The summed E-state index contributed by atoms with van der Waals surface area (Å²) in [6.07, 6.45) is 5.26. The number of ether oxygens (including phenoxy) is 1. The van der Waals surface area contributed by atoms with Crippen LogP contribution >= 0.6 is 0 Å². The zero-order valence-corrected chi connectivity index (χ0v) is 16.0. The number of rotatable bonds is 4. The molecule has 6 heteroatoms. The maximum atomic E-state index is 12.4. The Bertz CT molecular complexity index is 827. The molecular formula is C21H26N4O2. The highest BCUT2D eigenvalue weighted by molar-refractivity contribution is 5.94. The Labute approximate surface area is 160 Å². The van der Waals surface area contributed by atoms with Crippen molar-refractivity contribution in [2.75, 3.05) is 32.2 Å². The van der Waals surface area contributed by atoms with Crippen molar-refractivity contribution in [1.82, 2.24) is 15.3 Å². The van der Waals surface area contributed by atoms with Crippen molar-refractivity contribution in [1.29, 1.82) is 0 Å². The van der Waals surface area contributed by atoms with Gasteiger partial charge in [-0.3, -0.25) is 4.79 Å². The number of nitrogens with zero attached hydrogens (tertiary/aromatic N) is 3. The molecular weight excluding hydrogens is 340 g/mol. The van der Waals surface area contributed by atoms with Gasteiger partial charge >= 0.3 is 0 Å². The topological polar surface area (TPSA) is 67.4 Å². The lowest BCUT2D eigenvalue weighted by atomic mass is 9.92. The van der Waals surface area contributed by atoms with Gasteiger partial charge in [-0.1, -0.05) is 12.1 Å². The molecule has 0 saturated carbocycles. The molecule has 6 nitrogen and oxygen atoms in total. The fourth-order valence-electron chi connectivity index (χ4n) is 3.72. The van der Waals surface area contributed by atoms with E-state index < -0.39 is 0 Å². The van der Waals surface area contributed by atoms with Gasteiger partial charge < -0.3 is 15.0 Å². The van der Waals surface area contributed by atoms with E-state index in [0.29, 0.717) is 12.2 Å². The quantitative estimate of drug-likeness (QED) is 0.901. The van der Waals surface area contributed by atoms with E-state index in [4.69, 9.17) is 14.7 Å². The highest BCUT2D eigenvalue weighted by atomic mass is 16.5. The van der Waals surface area contributed by atoms with Crippen molar-refractivity contribution in [2.24, 2.45) is 0 Å². The van der Waals surface area contributed by atoms with Crippen molar-refractivity contribution in [2.45, 2.75) is 38.1 Å². The van der Waals surface area contributed by atoms with Crippen molar-refractivity contribution in [3.8, 4) is 11.3 Å². The smallest absolute Gasteiger partial charge is 0.251 e. The summed E-state index contributed by atoms with van der Waals surface area (Å²) in [4.78, 5) is 23.9. The molecule has 1 amide bonds. The van der Waals surface area contributed by atoms with E-state index in [2.05, 4.69) is 5.32 Å². The Morgan fingerprint density at radius 1 is 1.15 bits per heavy atom. The molecule has 1 N–H and O–H groups in total. The number of hydrogen-bond donors (Lipinski definition) is 1. The number of aromatic nitrogens is 2. The van der Waals surface area contributed by atoms with E-state index in [9.17, 15) is 4.79 Å². The average molecular weight is 366 g/mol. The Morgan fingerprint density at radius 2 is 1.93 bits per heavy atom. The maximum Gasteiger partial charge on any atom is 0.251 e. The van der Waals surface area contributed by atoms with E-state index in [0.717, 1.165) is 48.8 Å². The van der Waals surface area contributed by atoms with E-state index in [1.165, 1.54) is 18.4 Å². The van der Waals surface area contributed by atoms with Crippen molar-refractivity contribution in [3.63, 3.8) is 0 Å². The first kappa shape index (κ1) is 17.9. The van der Waals surface area contributed by atoms with Crippen LogP contribution in [0.1, 0.15) is 40.9 Å². The molecule has 1 fully saturated rings. The largest absolute Gasteiger partial charge is 0.379 e. The van der Waals surface area contributed by atoms with Gasteiger partial charge in [-0.15, -0.1) is 0 Å².